The van der Waals surface area contributed by atoms with Crippen LogP contribution in [0, 0.1) is 0 Å². The van der Waals surface area contributed by atoms with Crippen LogP contribution in [0.25, 0.3) is 11.1 Å². The van der Waals surface area contributed by atoms with E-state index in [0.29, 0.717) is 30.1 Å². The maximum absolute atomic E-state index is 12.5. The van der Waals surface area contributed by atoms with Crippen molar-refractivity contribution in [1.29, 1.82) is 0 Å². The minimum absolute atomic E-state index is 0.0363. The molecule has 2 amide bonds. The van der Waals surface area contributed by atoms with Crippen molar-refractivity contribution in [2.45, 2.75) is 25.3 Å². The zero-order chi connectivity index (χ0) is 20.9. The number of phenols is 1. The van der Waals surface area contributed by atoms with Crippen molar-refractivity contribution >= 4 is 11.8 Å². The summed E-state index contributed by atoms with van der Waals surface area (Å²) in [7, 11) is 0. The molecule has 3 aromatic carbocycles. The van der Waals surface area contributed by atoms with Crippen LogP contribution in [0.5, 0.6) is 5.75 Å². The van der Waals surface area contributed by atoms with Gasteiger partial charge in [0.25, 0.3) is 11.8 Å². The van der Waals surface area contributed by atoms with E-state index in [2.05, 4.69) is 10.6 Å². The fraction of sp³-hybridized carbons (Fsp3) is 0.200. The summed E-state index contributed by atoms with van der Waals surface area (Å²) < 4.78 is 0. The van der Waals surface area contributed by atoms with Crippen LogP contribution in [0.1, 0.15) is 39.1 Å². The van der Waals surface area contributed by atoms with Gasteiger partial charge in [-0.1, -0.05) is 36.4 Å². The standard InChI is InChI=1S/C25H24N2O3/c28-23-12-4-17(5-13-23)14-15-26-24(29)21-3-1-2-20(16-21)18-6-8-19(9-7-18)25(30)27-22-10-11-22/h1-9,12-13,16,22,28H,10-11,14-15H2,(H,26,29)(H,27,30). The van der Waals surface area contributed by atoms with Gasteiger partial charge in [-0.05, 0) is 72.4 Å². The second kappa shape index (κ2) is 8.82. The molecule has 0 atom stereocenters. The summed E-state index contributed by atoms with van der Waals surface area (Å²) in [5, 5.41) is 15.2. The zero-order valence-electron chi connectivity index (χ0n) is 16.6. The third-order valence-electron chi connectivity index (χ3n) is 5.15. The van der Waals surface area contributed by atoms with E-state index in [1.807, 2.05) is 54.6 Å². The van der Waals surface area contributed by atoms with Crippen LogP contribution in [-0.2, 0) is 6.42 Å². The van der Waals surface area contributed by atoms with Gasteiger partial charge in [0, 0.05) is 23.7 Å². The Bertz CT molecular complexity index is 1040. The van der Waals surface area contributed by atoms with Crippen molar-refractivity contribution < 1.29 is 14.7 Å². The van der Waals surface area contributed by atoms with Crippen LogP contribution in [0.2, 0.25) is 0 Å². The predicted molar refractivity (Wildman–Crippen MR) is 117 cm³/mol. The number of amides is 2. The van der Waals surface area contributed by atoms with Gasteiger partial charge in [0.2, 0.25) is 0 Å². The highest BCUT2D eigenvalue weighted by atomic mass is 16.3. The van der Waals surface area contributed by atoms with Gasteiger partial charge in [-0.15, -0.1) is 0 Å². The monoisotopic (exact) mass is 400 g/mol. The number of phenolic OH excluding ortho intramolecular Hbond substituents is 1. The first kappa shape index (κ1) is 19.7. The molecule has 0 aliphatic heterocycles. The molecule has 0 bridgehead atoms. The third kappa shape index (κ3) is 5.06. The Morgan fingerprint density at radius 3 is 2.27 bits per heavy atom. The Labute approximate surface area is 175 Å². The Morgan fingerprint density at radius 1 is 0.833 bits per heavy atom. The molecule has 4 rings (SSSR count). The minimum Gasteiger partial charge on any atom is -0.508 e. The van der Waals surface area contributed by atoms with E-state index < -0.39 is 0 Å². The lowest BCUT2D eigenvalue weighted by atomic mass is 10.0. The van der Waals surface area contributed by atoms with Gasteiger partial charge >= 0.3 is 0 Å². The van der Waals surface area contributed by atoms with E-state index in [-0.39, 0.29) is 17.6 Å². The fourth-order valence-corrected chi connectivity index (χ4v) is 3.24. The number of nitrogens with one attached hydrogen (secondary N) is 2. The minimum atomic E-state index is -0.129. The van der Waals surface area contributed by atoms with Crippen molar-refractivity contribution in [2.75, 3.05) is 6.54 Å². The van der Waals surface area contributed by atoms with E-state index in [0.717, 1.165) is 29.5 Å². The molecule has 1 aliphatic carbocycles. The molecule has 30 heavy (non-hydrogen) atoms. The number of aromatic hydroxyl groups is 1. The van der Waals surface area contributed by atoms with E-state index in [9.17, 15) is 14.7 Å². The summed E-state index contributed by atoms with van der Waals surface area (Å²) >= 11 is 0. The highest BCUT2D eigenvalue weighted by Crippen LogP contribution is 2.23. The van der Waals surface area contributed by atoms with Crippen LogP contribution in [0.4, 0.5) is 0 Å². The van der Waals surface area contributed by atoms with E-state index in [1.54, 1.807) is 18.2 Å². The topological polar surface area (TPSA) is 78.4 Å². The Morgan fingerprint density at radius 2 is 1.57 bits per heavy atom. The molecule has 5 heteroatoms. The first-order valence-electron chi connectivity index (χ1n) is 10.2. The highest BCUT2D eigenvalue weighted by molar-refractivity contribution is 5.96. The van der Waals surface area contributed by atoms with E-state index in [4.69, 9.17) is 0 Å². The second-order valence-electron chi connectivity index (χ2n) is 7.58. The average molecular weight is 400 g/mol. The first-order chi connectivity index (χ1) is 14.6. The van der Waals surface area contributed by atoms with Gasteiger partial charge < -0.3 is 15.7 Å². The Hall–Kier alpha value is -3.60. The van der Waals surface area contributed by atoms with Crippen LogP contribution in [-0.4, -0.2) is 29.5 Å². The molecule has 152 valence electrons. The molecule has 0 aromatic heterocycles. The van der Waals surface area contributed by atoms with Crippen LogP contribution >= 0.6 is 0 Å². The lowest BCUT2D eigenvalue weighted by Gasteiger charge is -2.09. The van der Waals surface area contributed by atoms with Gasteiger partial charge in [0.05, 0.1) is 0 Å². The molecule has 0 unspecified atom stereocenters. The molecular formula is C25H24N2O3. The molecule has 3 aromatic rings. The fourth-order valence-electron chi connectivity index (χ4n) is 3.24. The molecule has 3 N–H and O–H groups in total. The molecule has 1 saturated carbocycles. The van der Waals surface area contributed by atoms with Gasteiger partial charge in [-0.3, -0.25) is 9.59 Å². The normalized spacial score (nSPS) is 12.9. The number of rotatable bonds is 7. The SMILES string of the molecule is O=C(NCCc1ccc(O)cc1)c1cccc(-c2ccc(C(=O)NC3CC3)cc2)c1. The number of carbonyl (C=O) groups is 2. The van der Waals surface area contributed by atoms with Gasteiger partial charge in [0.1, 0.15) is 5.75 Å². The highest BCUT2D eigenvalue weighted by Gasteiger charge is 2.23. The molecule has 1 aliphatic rings. The molecule has 5 nitrogen and oxygen atoms in total. The van der Waals surface area contributed by atoms with Crippen LogP contribution in [0.3, 0.4) is 0 Å². The molecule has 0 heterocycles. The van der Waals surface area contributed by atoms with E-state index >= 15 is 0 Å². The summed E-state index contributed by atoms with van der Waals surface area (Å²) in [6.07, 6.45) is 2.82. The Kier molecular flexibility index (Phi) is 5.80. The summed E-state index contributed by atoms with van der Waals surface area (Å²) in [4.78, 5) is 24.6. The van der Waals surface area contributed by atoms with Gasteiger partial charge in [-0.2, -0.15) is 0 Å². The van der Waals surface area contributed by atoms with Crippen molar-refractivity contribution in [2.24, 2.45) is 0 Å². The lowest BCUT2D eigenvalue weighted by molar-refractivity contribution is 0.0944. The third-order valence-corrected chi connectivity index (χ3v) is 5.15. The van der Waals surface area contributed by atoms with Crippen molar-refractivity contribution in [3.8, 4) is 16.9 Å². The number of carbonyl (C=O) groups excluding carboxylic acids is 2. The maximum Gasteiger partial charge on any atom is 0.251 e. The molecule has 0 saturated heterocycles. The first-order valence-corrected chi connectivity index (χ1v) is 10.2. The Balaban J connectivity index is 1.37. The quantitative estimate of drug-likeness (QED) is 0.562. The van der Waals surface area contributed by atoms with Crippen molar-refractivity contribution in [3.63, 3.8) is 0 Å². The number of hydrogen-bond acceptors (Lipinski definition) is 3. The van der Waals surface area contributed by atoms with E-state index in [1.165, 1.54) is 0 Å². The predicted octanol–water partition coefficient (Wildman–Crippen LogP) is 3.92. The number of hydrogen-bond donors (Lipinski definition) is 3. The van der Waals surface area contributed by atoms with Crippen molar-refractivity contribution in [3.05, 3.63) is 89.5 Å². The molecule has 1 fully saturated rings. The maximum atomic E-state index is 12.5. The van der Waals surface area contributed by atoms with Gasteiger partial charge in [-0.25, -0.2) is 0 Å². The summed E-state index contributed by atoms with van der Waals surface area (Å²) in [6.45, 7) is 0.513. The summed E-state index contributed by atoms with van der Waals surface area (Å²) in [5.41, 5.74) is 4.17. The van der Waals surface area contributed by atoms with Crippen LogP contribution < -0.4 is 10.6 Å². The van der Waals surface area contributed by atoms with Crippen molar-refractivity contribution in [1.82, 2.24) is 10.6 Å². The average Bonchev–Trinajstić information content (AvgIpc) is 3.59. The van der Waals surface area contributed by atoms with Crippen LogP contribution in [0.15, 0.2) is 72.8 Å². The zero-order valence-corrected chi connectivity index (χ0v) is 16.6. The summed E-state index contributed by atoms with van der Waals surface area (Å²) in [6, 6.07) is 22.2. The summed E-state index contributed by atoms with van der Waals surface area (Å²) in [5.74, 6) is 0.0676. The molecule has 0 spiro atoms. The lowest BCUT2D eigenvalue weighted by Crippen LogP contribution is -2.25. The van der Waals surface area contributed by atoms with Gasteiger partial charge in [0.15, 0.2) is 0 Å². The largest absolute Gasteiger partial charge is 0.508 e. The molecule has 0 radical (unpaired) electrons. The smallest absolute Gasteiger partial charge is 0.251 e. The number of benzene rings is 3. The molecular weight excluding hydrogens is 376 g/mol. The second-order valence-corrected chi connectivity index (χ2v) is 7.58.